The van der Waals surface area contributed by atoms with Crippen LogP contribution in [0.25, 0.3) is 0 Å². The number of carbonyl (C=O) groups is 2. The number of hydrogen-bond donors (Lipinski definition) is 2. The first kappa shape index (κ1) is 18.8. The Kier molecular flexibility index (Phi) is 5.96. The summed E-state index contributed by atoms with van der Waals surface area (Å²) < 4.78 is 0. The molecule has 1 aliphatic rings. The van der Waals surface area contributed by atoms with Crippen LogP contribution >= 0.6 is 0 Å². The smallest absolute Gasteiger partial charge is 0.253 e. The van der Waals surface area contributed by atoms with Gasteiger partial charge in [0, 0.05) is 37.6 Å². The summed E-state index contributed by atoms with van der Waals surface area (Å²) in [6.07, 6.45) is 5.59. The molecule has 1 aliphatic heterocycles. The van der Waals surface area contributed by atoms with E-state index in [0.717, 1.165) is 29.7 Å². The van der Waals surface area contributed by atoms with E-state index in [-0.39, 0.29) is 18.4 Å². The molecule has 2 amide bonds. The van der Waals surface area contributed by atoms with E-state index in [4.69, 9.17) is 5.41 Å². The highest BCUT2D eigenvalue weighted by Gasteiger charge is 2.19. The van der Waals surface area contributed by atoms with E-state index in [0.29, 0.717) is 30.7 Å². The van der Waals surface area contributed by atoms with Gasteiger partial charge in [0.15, 0.2) is 0 Å². The molecule has 1 aromatic heterocycles. The molecule has 27 heavy (non-hydrogen) atoms. The molecule has 140 valence electrons. The van der Waals surface area contributed by atoms with Crippen molar-refractivity contribution in [1.82, 2.24) is 15.2 Å². The summed E-state index contributed by atoms with van der Waals surface area (Å²) in [5.74, 6) is 0.0139. The maximum atomic E-state index is 12.1. The average Bonchev–Trinajstić information content (AvgIpc) is 3.06. The molecule has 0 aliphatic carbocycles. The topological polar surface area (TPSA) is 86.2 Å². The Morgan fingerprint density at radius 2 is 1.93 bits per heavy atom. The predicted molar refractivity (Wildman–Crippen MR) is 104 cm³/mol. The van der Waals surface area contributed by atoms with Gasteiger partial charge in [0.05, 0.1) is 12.1 Å². The van der Waals surface area contributed by atoms with E-state index < -0.39 is 0 Å². The number of benzene rings is 1. The minimum atomic E-state index is -0.221. The number of hydrogen-bond acceptors (Lipinski definition) is 4. The van der Waals surface area contributed by atoms with E-state index in [9.17, 15) is 9.59 Å². The van der Waals surface area contributed by atoms with Crippen LogP contribution in [0.1, 0.15) is 46.8 Å². The molecular formula is C21H24N4O2. The first-order chi connectivity index (χ1) is 13.0. The summed E-state index contributed by atoms with van der Waals surface area (Å²) in [5, 5.41) is 10.1. The SMILES string of the molecule is CC(=N)CNC(=O)c1cncc(Cc2ccc(CN3CCCC3=O)cc2)c1. The van der Waals surface area contributed by atoms with Gasteiger partial charge in [0.2, 0.25) is 5.91 Å². The minimum absolute atomic E-state index is 0.221. The molecule has 0 bridgehead atoms. The predicted octanol–water partition coefficient (Wildman–Crippen LogP) is 2.56. The third kappa shape index (κ3) is 5.23. The van der Waals surface area contributed by atoms with Crippen LogP contribution < -0.4 is 5.32 Å². The lowest BCUT2D eigenvalue weighted by Gasteiger charge is -2.15. The van der Waals surface area contributed by atoms with Crippen molar-refractivity contribution in [3.63, 3.8) is 0 Å². The molecule has 3 rings (SSSR count). The zero-order valence-electron chi connectivity index (χ0n) is 15.5. The van der Waals surface area contributed by atoms with Gasteiger partial charge in [-0.25, -0.2) is 0 Å². The summed E-state index contributed by atoms with van der Waals surface area (Å²) in [5.41, 5.74) is 4.11. The fourth-order valence-corrected chi connectivity index (χ4v) is 3.11. The number of likely N-dealkylation sites (tertiary alicyclic amines) is 1. The van der Waals surface area contributed by atoms with Crippen molar-refractivity contribution in [1.29, 1.82) is 5.41 Å². The van der Waals surface area contributed by atoms with Crippen LogP contribution in [0.2, 0.25) is 0 Å². The first-order valence-corrected chi connectivity index (χ1v) is 9.13. The summed E-state index contributed by atoms with van der Waals surface area (Å²) in [7, 11) is 0. The summed E-state index contributed by atoms with van der Waals surface area (Å²) in [4.78, 5) is 29.9. The minimum Gasteiger partial charge on any atom is -0.347 e. The number of rotatable bonds is 7. The Bertz CT molecular complexity index is 846. The number of nitrogens with zero attached hydrogens (tertiary/aromatic N) is 2. The van der Waals surface area contributed by atoms with Crippen LogP contribution in [0.3, 0.4) is 0 Å². The summed E-state index contributed by atoms with van der Waals surface area (Å²) in [6.45, 7) is 3.41. The Morgan fingerprint density at radius 3 is 2.59 bits per heavy atom. The van der Waals surface area contributed by atoms with Crippen LogP contribution in [0.15, 0.2) is 42.7 Å². The number of pyridine rings is 1. The normalized spacial score (nSPS) is 13.7. The third-order valence-corrected chi connectivity index (χ3v) is 4.55. The molecule has 0 atom stereocenters. The molecule has 2 heterocycles. The Hall–Kier alpha value is -3.02. The van der Waals surface area contributed by atoms with Gasteiger partial charge in [-0.2, -0.15) is 0 Å². The Balaban J connectivity index is 1.61. The van der Waals surface area contributed by atoms with Gasteiger partial charge in [0.25, 0.3) is 5.91 Å². The molecule has 0 unspecified atom stereocenters. The molecule has 6 heteroatoms. The molecule has 2 N–H and O–H groups in total. The van der Waals surface area contributed by atoms with Crippen molar-refractivity contribution >= 4 is 17.5 Å². The van der Waals surface area contributed by atoms with Crippen molar-refractivity contribution < 1.29 is 9.59 Å². The zero-order chi connectivity index (χ0) is 19.2. The Labute approximate surface area is 159 Å². The molecule has 1 saturated heterocycles. The van der Waals surface area contributed by atoms with E-state index >= 15 is 0 Å². The number of carbonyl (C=O) groups excluding carboxylic acids is 2. The maximum Gasteiger partial charge on any atom is 0.253 e. The van der Waals surface area contributed by atoms with Crippen molar-refractivity contribution in [3.8, 4) is 0 Å². The van der Waals surface area contributed by atoms with E-state index in [1.165, 1.54) is 6.20 Å². The van der Waals surface area contributed by atoms with Crippen LogP contribution in [-0.2, 0) is 17.8 Å². The summed E-state index contributed by atoms with van der Waals surface area (Å²) in [6, 6.07) is 10.1. The maximum absolute atomic E-state index is 12.1. The average molecular weight is 364 g/mol. The van der Waals surface area contributed by atoms with Gasteiger partial charge in [-0.3, -0.25) is 14.6 Å². The second kappa shape index (κ2) is 8.58. The fourth-order valence-electron chi connectivity index (χ4n) is 3.11. The number of amides is 2. The van der Waals surface area contributed by atoms with Gasteiger partial charge in [-0.1, -0.05) is 24.3 Å². The molecule has 0 radical (unpaired) electrons. The van der Waals surface area contributed by atoms with Gasteiger partial charge >= 0.3 is 0 Å². The van der Waals surface area contributed by atoms with Gasteiger partial charge in [0.1, 0.15) is 0 Å². The molecule has 0 saturated carbocycles. The van der Waals surface area contributed by atoms with Crippen LogP contribution in [0, 0.1) is 5.41 Å². The zero-order valence-corrected chi connectivity index (χ0v) is 15.5. The molecule has 0 spiro atoms. The number of nitrogens with one attached hydrogen (secondary N) is 2. The molecule has 2 aromatic rings. The van der Waals surface area contributed by atoms with Crippen LogP contribution in [0.5, 0.6) is 0 Å². The second-order valence-corrected chi connectivity index (χ2v) is 6.96. The largest absolute Gasteiger partial charge is 0.347 e. The second-order valence-electron chi connectivity index (χ2n) is 6.96. The lowest BCUT2D eigenvalue weighted by atomic mass is 10.0. The lowest BCUT2D eigenvalue weighted by molar-refractivity contribution is -0.128. The molecular weight excluding hydrogens is 340 g/mol. The first-order valence-electron chi connectivity index (χ1n) is 9.13. The van der Waals surface area contributed by atoms with Crippen molar-refractivity contribution in [2.24, 2.45) is 0 Å². The quantitative estimate of drug-likeness (QED) is 0.741. The highest BCUT2D eigenvalue weighted by molar-refractivity contribution is 5.96. The molecule has 6 nitrogen and oxygen atoms in total. The standard InChI is InChI=1S/C21H24N4O2/c1-15(22)11-24-21(27)19-10-18(12-23-13-19)9-16-4-6-17(7-5-16)14-25-8-2-3-20(25)26/h4-7,10,12-13,22H,2-3,8-9,11,14H2,1H3,(H,24,27). The number of aromatic nitrogens is 1. The van der Waals surface area contributed by atoms with Crippen molar-refractivity contribution in [2.75, 3.05) is 13.1 Å². The van der Waals surface area contributed by atoms with E-state index in [1.807, 2.05) is 11.0 Å². The van der Waals surface area contributed by atoms with Gasteiger partial charge in [-0.15, -0.1) is 0 Å². The highest BCUT2D eigenvalue weighted by atomic mass is 16.2. The van der Waals surface area contributed by atoms with Gasteiger partial charge < -0.3 is 15.6 Å². The third-order valence-electron chi connectivity index (χ3n) is 4.55. The van der Waals surface area contributed by atoms with Crippen LogP contribution in [-0.4, -0.2) is 40.5 Å². The summed E-state index contributed by atoms with van der Waals surface area (Å²) >= 11 is 0. The van der Waals surface area contributed by atoms with Crippen molar-refractivity contribution in [3.05, 3.63) is 65.0 Å². The van der Waals surface area contributed by atoms with Crippen molar-refractivity contribution in [2.45, 2.75) is 32.7 Å². The highest BCUT2D eigenvalue weighted by Crippen LogP contribution is 2.16. The Morgan fingerprint density at radius 1 is 1.19 bits per heavy atom. The fraction of sp³-hybridized carbons (Fsp3) is 0.333. The van der Waals surface area contributed by atoms with E-state index in [2.05, 4.69) is 34.6 Å². The van der Waals surface area contributed by atoms with E-state index in [1.54, 1.807) is 13.1 Å². The van der Waals surface area contributed by atoms with Gasteiger partial charge in [-0.05, 0) is 42.5 Å². The lowest BCUT2D eigenvalue weighted by Crippen LogP contribution is -2.28. The monoisotopic (exact) mass is 364 g/mol. The van der Waals surface area contributed by atoms with Crippen LogP contribution in [0.4, 0.5) is 0 Å². The molecule has 1 aromatic carbocycles. The molecule has 1 fully saturated rings.